The van der Waals surface area contributed by atoms with Crippen molar-refractivity contribution >= 4 is 81.6 Å². The maximum Gasteiger partial charge on any atom is 0.246 e. The first-order valence-corrected chi connectivity index (χ1v) is 29.2. The number of hydrogen-bond acceptors (Lipinski definition) is 12. The van der Waals surface area contributed by atoms with E-state index < -0.39 is 35.0 Å². The highest BCUT2D eigenvalue weighted by Crippen LogP contribution is 2.48. The van der Waals surface area contributed by atoms with Crippen molar-refractivity contribution in [2.45, 2.75) is 177 Å². The number of thiocarbonyl (C=S) groups is 2. The van der Waals surface area contributed by atoms with Gasteiger partial charge in [0.25, 0.3) is 0 Å². The Balaban J connectivity index is 0.836. The van der Waals surface area contributed by atoms with Crippen LogP contribution in [0.3, 0.4) is 0 Å². The van der Waals surface area contributed by atoms with Crippen molar-refractivity contribution in [3.05, 3.63) is 70.8 Å². The quantitative estimate of drug-likeness (QED) is 0.0706. The fourth-order valence-electron chi connectivity index (χ4n) is 11.8. The Kier molecular flexibility index (Phi) is 18.0. The van der Waals surface area contributed by atoms with E-state index in [1.165, 1.54) is 11.1 Å². The van der Waals surface area contributed by atoms with E-state index >= 15 is 0 Å². The Labute approximate surface area is 446 Å². The topological polar surface area (TPSA) is 165 Å². The fourth-order valence-corrected chi connectivity index (χ4v) is 15.5. The van der Waals surface area contributed by atoms with Crippen LogP contribution in [-0.4, -0.2) is 141 Å². The normalized spacial score (nSPS) is 30.0. The minimum absolute atomic E-state index is 0.0671. The zero-order valence-corrected chi connectivity index (χ0v) is 46.7. The van der Waals surface area contributed by atoms with Crippen molar-refractivity contribution in [2.24, 2.45) is 10.8 Å². The van der Waals surface area contributed by atoms with Crippen LogP contribution in [0.4, 0.5) is 0 Å². The molecule has 0 spiro atoms. The second-order valence-electron chi connectivity index (χ2n) is 22.1. The van der Waals surface area contributed by atoms with Crippen molar-refractivity contribution in [3.63, 3.8) is 0 Å². The van der Waals surface area contributed by atoms with Crippen LogP contribution in [0.15, 0.2) is 48.5 Å². The van der Waals surface area contributed by atoms with Gasteiger partial charge in [0.2, 0.25) is 23.6 Å². The molecule has 2 aliphatic carbocycles. The molecule has 4 aliphatic heterocycles. The van der Waals surface area contributed by atoms with Gasteiger partial charge in [0.1, 0.15) is 24.2 Å². The highest BCUT2D eigenvalue weighted by Gasteiger charge is 2.57. The number of hydrogen-bond donors (Lipinski definition) is 6. The third-order valence-corrected chi connectivity index (χ3v) is 19.5. The van der Waals surface area contributed by atoms with Crippen LogP contribution in [0.2, 0.25) is 0 Å². The van der Waals surface area contributed by atoms with Gasteiger partial charge in [-0.2, -0.15) is 0 Å². The van der Waals surface area contributed by atoms with Gasteiger partial charge in [0.15, 0.2) is 0 Å². The summed E-state index contributed by atoms with van der Waals surface area (Å²) < 4.78 is 13.3. The second-order valence-corrected chi connectivity index (χ2v) is 25.5. The Morgan fingerprint density at radius 3 is 1.42 bits per heavy atom. The van der Waals surface area contributed by atoms with Crippen LogP contribution >= 0.6 is 48.0 Å². The maximum atomic E-state index is 14.6. The van der Waals surface area contributed by atoms with Crippen LogP contribution < -0.4 is 31.9 Å². The molecular formula is C54H78N8O6S4. The summed E-state index contributed by atoms with van der Waals surface area (Å²) in [4.78, 5) is 62.8. The molecule has 18 heteroatoms. The minimum Gasteiger partial charge on any atom is -0.375 e. The second kappa shape index (κ2) is 23.7. The van der Waals surface area contributed by atoms with Crippen molar-refractivity contribution < 1.29 is 28.7 Å². The highest BCUT2D eigenvalue weighted by molar-refractivity contribution is 8.00. The Hall–Kier alpha value is -3.36. The number of nitrogens with one attached hydrogen (secondary N) is 6. The molecule has 4 amide bonds. The molecule has 12 atom stereocenters. The van der Waals surface area contributed by atoms with Gasteiger partial charge in [-0.25, -0.2) is 0 Å². The summed E-state index contributed by atoms with van der Waals surface area (Å²) >= 11 is 14.8. The predicted molar refractivity (Wildman–Crippen MR) is 296 cm³/mol. The summed E-state index contributed by atoms with van der Waals surface area (Å²) in [5.41, 5.74) is 3.61. The Morgan fingerprint density at radius 2 is 1.03 bits per heavy atom. The monoisotopic (exact) mass is 1060 g/mol. The first-order valence-electron chi connectivity index (χ1n) is 26.3. The van der Waals surface area contributed by atoms with E-state index in [1.54, 1.807) is 23.5 Å². The SMILES string of the molecule is CN[C@@H](C)C(=S)N[C@H]1CCSC2CC(C)(C)[C@@H](C(=O)N[C@H]3c4ccccc4C[C@H]3OCCCCCCO[C@@H]3Cc4ccccc4[C@@H]3NC(=O)[C@H]3N4C(=O)[C@@H](NC(=S)[C@H](C)NC)CCSC4CC3(C)C)N2C1=O. The zero-order valence-electron chi connectivity index (χ0n) is 43.4. The molecular weight excluding hydrogens is 985 g/mol. The number of carbonyl (C=O) groups excluding carboxylic acids is 4. The van der Waals surface area contributed by atoms with Crippen LogP contribution in [0, 0.1) is 10.8 Å². The molecule has 8 rings (SSSR count). The fraction of sp³-hybridized carbons (Fsp3) is 0.667. The Morgan fingerprint density at radius 1 is 0.639 bits per heavy atom. The Bertz CT molecular complexity index is 2160. The number of thioether (sulfide) groups is 2. The van der Waals surface area contributed by atoms with Crippen molar-refractivity contribution in [1.29, 1.82) is 0 Å². The lowest BCUT2D eigenvalue weighted by atomic mass is 9.83. The van der Waals surface area contributed by atoms with E-state index in [9.17, 15) is 19.2 Å². The summed E-state index contributed by atoms with van der Waals surface area (Å²) in [7, 11) is 3.69. The molecule has 2 aromatic carbocycles. The van der Waals surface area contributed by atoms with Crippen molar-refractivity contribution in [1.82, 2.24) is 41.7 Å². The smallest absolute Gasteiger partial charge is 0.246 e. The largest absolute Gasteiger partial charge is 0.375 e. The standard InChI is InChI=1S/C54H78N8O6S4/c1-31(55-7)49(69)57-37-21-25-71-41-29-53(3,4)45(61(41)51(37)65)47(63)59-43-35-19-13-11-17-33(35)27-39(43)67-23-15-9-10-16-24-68-40-28-34-18-12-14-20-36(34)44(40)60-48(64)46-54(5,6)30-42-62(46)52(66)38(22-26-72-42)58-50(70)32(2)56-8/h11-14,17-20,31-32,37-46,55-56H,9-10,15-16,21-30H2,1-8H3,(H,57,69)(H,58,70)(H,59,63)(H,60,64)/t31-,32-,37-,38-,39+,40+,41?,42?,43-,44-,45+,46+/m0/s1. The summed E-state index contributed by atoms with van der Waals surface area (Å²) in [5, 5.41) is 19.6. The number of fused-ring (bicyclic) bond motifs is 4. The molecule has 6 aliphatic rings. The van der Waals surface area contributed by atoms with E-state index in [-0.39, 0.29) is 70.8 Å². The zero-order chi connectivity index (χ0) is 51.5. The van der Waals surface area contributed by atoms with Gasteiger partial charge in [0.05, 0.1) is 57.1 Å². The van der Waals surface area contributed by atoms with Gasteiger partial charge < -0.3 is 51.2 Å². The summed E-state index contributed by atoms with van der Waals surface area (Å²) in [6, 6.07) is 13.4. The van der Waals surface area contributed by atoms with Gasteiger partial charge in [-0.1, -0.05) is 114 Å². The molecule has 4 saturated heterocycles. The number of benzene rings is 2. The molecule has 394 valence electrons. The molecule has 0 saturated carbocycles. The van der Waals surface area contributed by atoms with Gasteiger partial charge in [0, 0.05) is 26.1 Å². The molecule has 14 nitrogen and oxygen atoms in total. The van der Waals surface area contributed by atoms with Gasteiger partial charge >= 0.3 is 0 Å². The van der Waals surface area contributed by atoms with Gasteiger partial charge in [-0.15, -0.1) is 23.5 Å². The molecule has 0 radical (unpaired) electrons. The van der Waals surface area contributed by atoms with Gasteiger partial charge in [-0.05, 0) is 111 Å². The minimum atomic E-state index is -0.634. The molecule has 0 aromatic heterocycles. The highest BCUT2D eigenvalue weighted by atomic mass is 32.2. The van der Waals surface area contributed by atoms with Gasteiger partial charge in [-0.3, -0.25) is 19.2 Å². The lowest BCUT2D eigenvalue weighted by Gasteiger charge is -2.35. The number of unbranched alkanes of at least 4 members (excludes halogenated alkanes) is 3. The summed E-state index contributed by atoms with van der Waals surface area (Å²) in [6.45, 7) is 13.5. The van der Waals surface area contributed by atoms with Crippen molar-refractivity contribution in [2.75, 3.05) is 38.8 Å². The number of nitrogens with zero attached hydrogens (tertiary/aromatic N) is 2. The summed E-state index contributed by atoms with van der Waals surface area (Å²) in [5.74, 6) is 1.18. The van der Waals surface area contributed by atoms with Crippen LogP contribution in [0.25, 0.3) is 0 Å². The third kappa shape index (κ3) is 11.9. The molecule has 4 fully saturated rings. The molecule has 6 N–H and O–H groups in total. The molecule has 72 heavy (non-hydrogen) atoms. The average Bonchev–Trinajstić information content (AvgIpc) is 3.99. The van der Waals surface area contributed by atoms with Crippen molar-refractivity contribution in [3.8, 4) is 0 Å². The van der Waals surface area contributed by atoms with E-state index in [0.29, 0.717) is 48.9 Å². The van der Waals surface area contributed by atoms with E-state index in [1.807, 2.05) is 62.0 Å². The molecule has 2 unspecified atom stereocenters. The van der Waals surface area contributed by atoms with E-state index in [0.717, 1.165) is 61.2 Å². The number of carbonyl (C=O) groups is 4. The lowest BCUT2D eigenvalue weighted by Crippen LogP contribution is -2.58. The first-order chi connectivity index (χ1) is 34.4. The average molecular weight is 1060 g/mol. The lowest BCUT2D eigenvalue weighted by molar-refractivity contribution is -0.143. The van der Waals surface area contributed by atoms with E-state index in [2.05, 4.69) is 83.9 Å². The molecule has 0 bridgehead atoms. The van der Waals surface area contributed by atoms with Crippen LogP contribution in [-0.2, 0) is 41.5 Å². The molecule has 4 heterocycles. The molecule has 2 aromatic rings. The predicted octanol–water partition coefficient (Wildman–Crippen LogP) is 6.11. The summed E-state index contributed by atoms with van der Waals surface area (Å²) in [6.07, 6.45) is 7.35. The van der Waals surface area contributed by atoms with E-state index in [4.69, 9.17) is 33.9 Å². The van der Waals surface area contributed by atoms with Crippen LogP contribution in [0.5, 0.6) is 0 Å². The number of rotatable bonds is 19. The first kappa shape index (κ1) is 54.9. The number of likely N-dealkylation sites (N-methyl/N-ethyl adjacent to an activating group) is 2. The maximum absolute atomic E-state index is 14.6. The van der Waals surface area contributed by atoms with Crippen LogP contribution in [0.1, 0.15) is 127 Å². The number of amides is 4. The number of ether oxygens (including phenoxy) is 2. The third-order valence-electron chi connectivity index (χ3n) is 16.0.